The Hall–Kier alpha value is -1.36. The highest BCUT2D eigenvalue weighted by molar-refractivity contribution is 5.94. The molecule has 1 aromatic rings. The van der Waals surface area contributed by atoms with Crippen LogP contribution >= 0.6 is 0 Å². The first-order valence-electron chi connectivity index (χ1n) is 7.58. The summed E-state index contributed by atoms with van der Waals surface area (Å²) in [7, 11) is 4.08. The van der Waals surface area contributed by atoms with Crippen LogP contribution in [0, 0.1) is 11.3 Å². The molecule has 0 saturated heterocycles. The average molecular weight is 276 g/mol. The third kappa shape index (κ3) is 2.73. The van der Waals surface area contributed by atoms with Gasteiger partial charge in [-0.1, -0.05) is 12.8 Å². The molecule has 1 aromatic heterocycles. The van der Waals surface area contributed by atoms with Crippen LogP contribution in [0.15, 0.2) is 12.3 Å². The highest BCUT2D eigenvalue weighted by atomic mass is 16.2. The minimum atomic E-state index is 0.171. The molecule has 2 saturated carbocycles. The first-order valence-corrected chi connectivity index (χ1v) is 7.58. The molecule has 0 aromatic carbocycles. The van der Waals surface area contributed by atoms with Gasteiger partial charge in [0.25, 0.3) is 0 Å². The first kappa shape index (κ1) is 13.6. The molecule has 2 aliphatic carbocycles. The molecule has 1 amide bonds. The lowest BCUT2D eigenvalue weighted by atomic mass is 10.0. The molecular weight excluding hydrogens is 252 g/mol. The fourth-order valence-corrected chi connectivity index (χ4v) is 3.42. The number of nitrogens with zero attached hydrogens (tertiary/aromatic N) is 3. The molecular formula is C15H24N4O. The number of amides is 1. The van der Waals surface area contributed by atoms with Crippen molar-refractivity contribution in [1.29, 1.82) is 0 Å². The van der Waals surface area contributed by atoms with E-state index in [0.29, 0.717) is 11.2 Å². The van der Waals surface area contributed by atoms with E-state index in [9.17, 15) is 4.79 Å². The van der Waals surface area contributed by atoms with Crippen molar-refractivity contribution in [2.24, 2.45) is 11.3 Å². The molecule has 0 aliphatic heterocycles. The Morgan fingerprint density at radius 3 is 2.95 bits per heavy atom. The van der Waals surface area contributed by atoms with Gasteiger partial charge in [-0.2, -0.15) is 5.10 Å². The highest BCUT2D eigenvalue weighted by Gasteiger charge is 2.58. The Labute approximate surface area is 120 Å². The van der Waals surface area contributed by atoms with E-state index in [1.165, 1.54) is 25.7 Å². The van der Waals surface area contributed by atoms with Gasteiger partial charge in [0.05, 0.1) is 6.54 Å². The smallest absolute Gasteiger partial charge is 0.229 e. The molecule has 3 rings (SSSR count). The largest absolute Gasteiger partial charge is 0.309 e. The number of rotatable bonds is 5. The quantitative estimate of drug-likeness (QED) is 0.894. The number of aromatic nitrogens is 2. The summed E-state index contributed by atoms with van der Waals surface area (Å²) in [5.41, 5.74) is 0.359. The third-order valence-corrected chi connectivity index (χ3v) is 4.77. The molecule has 1 heterocycles. The number of nitrogens with one attached hydrogen (secondary N) is 1. The van der Waals surface area contributed by atoms with E-state index >= 15 is 0 Å². The predicted octanol–water partition coefficient (Wildman–Crippen LogP) is 1.96. The maximum absolute atomic E-state index is 12.2. The van der Waals surface area contributed by atoms with Crippen molar-refractivity contribution in [3.05, 3.63) is 12.3 Å². The normalized spacial score (nSPS) is 23.4. The van der Waals surface area contributed by atoms with Crippen molar-refractivity contribution in [2.45, 2.75) is 38.6 Å². The summed E-state index contributed by atoms with van der Waals surface area (Å²) in [4.78, 5) is 14.4. The predicted molar refractivity (Wildman–Crippen MR) is 78.4 cm³/mol. The van der Waals surface area contributed by atoms with Crippen LogP contribution in [-0.4, -0.2) is 41.2 Å². The van der Waals surface area contributed by atoms with Gasteiger partial charge in [-0.05, 0) is 38.8 Å². The number of carbonyl (C=O) groups is 1. The fourth-order valence-electron chi connectivity index (χ4n) is 3.42. The van der Waals surface area contributed by atoms with Crippen LogP contribution in [0.3, 0.4) is 0 Å². The number of carbonyl (C=O) groups excluding carboxylic acids is 1. The zero-order valence-electron chi connectivity index (χ0n) is 12.4. The number of hydrogen-bond donors (Lipinski definition) is 1. The van der Waals surface area contributed by atoms with Crippen molar-refractivity contribution in [3.63, 3.8) is 0 Å². The van der Waals surface area contributed by atoms with Gasteiger partial charge >= 0.3 is 0 Å². The van der Waals surface area contributed by atoms with E-state index in [0.717, 1.165) is 19.5 Å². The van der Waals surface area contributed by atoms with Gasteiger partial charge in [-0.15, -0.1) is 0 Å². The zero-order valence-corrected chi connectivity index (χ0v) is 12.4. The lowest BCUT2D eigenvalue weighted by molar-refractivity contribution is -0.118. The number of likely N-dealkylation sites (N-methyl/N-ethyl adjacent to an activating group) is 1. The molecule has 1 N–H and O–H groups in total. The summed E-state index contributed by atoms with van der Waals surface area (Å²) in [5.74, 6) is 1.09. The molecule has 20 heavy (non-hydrogen) atoms. The Kier molecular flexibility index (Phi) is 3.54. The van der Waals surface area contributed by atoms with Crippen LogP contribution < -0.4 is 5.32 Å². The van der Waals surface area contributed by atoms with Crippen LogP contribution in [0.4, 0.5) is 5.82 Å². The standard InChI is InChI=1S/C15H24N4O/c1-18(2)9-10-19-8-5-13(17-19)16-14(20)12-11-15(12)6-3-4-7-15/h5,8,12H,3-4,6-7,9-11H2,1-2H3,(H,16,17,20). The fraction of sp³-hybridized carbons (Fsp3) is 0.733. The average Bonchev–Trinajstić information content (AvgIpc) is 2.75. The van der Waals surface area contributed by atoms with Gasteiger partial charge in [-0.25, -0.2) is 0 Å². The Balaban J connectivity index is 1.52. The second-order valence-electron chi connectivity index (χ2n) is 6.58. The second kappa shape index (κ2) is 5.20. The molecule has 1 atom stereocenters. The number of anilines is 1. The van der Waals surface area contributed by atoms with Crippen molar-refractivity contribution in [3.8, 4) is 0 Å². The lowest BCUT2D eigenvalue weighted by Crippen LogP contribution is -2.20. The van der Waals surface area contributed by atoms with Gasteiger partial charge in [-0.3, -0.25) is 9.48 Å². The monoisotopic (exact) mass is 276 g/mol. The molecule has 1 unspecified atom stereocenters. The summed E-state index contributed by atoms with van der Waals surface area (Å²) < 4.78 is 1.88. The molecule has 5 heteroatoms. The summed E-state index contributed by atoms with van der Waals surface area (Å²) >= 11 is 0. The van der Waals surface area contributed by atoms with Gasteiger partial charge in [0.15, 0.2) is 5.82 Å². The van der Waals surface area contributed by atoms with Crippen molar-refractivity contribution in [1.82, 2.24) is 14.7 Å². The molecule has 2 fully saturated rings. The van der Waals surface area contributed by atoms with Gasteiger partial charge in [0, 0.05) is 24.7 Å². The van der Waals surface area contributed by atoms with E-state index in [1.807, 2.05) is 31.0 Å². The molecule has 2 aliphatic rings. The van der Waals surface area contributed by atoms with E-state index in [2.05, 4.69) is 15.3 Å². The Bertz CT molecular complexity index is 488. The molecule has 0 bridgehead atoms. The van der Waals surface area contributed by atoms with E-state index in [4.69, 9.17) is 0 Å². The molecule has 110 valence electrons. The Morgan fingerprint density at radius 2 is 2.25 bits per heavy atom. The van der Waals surface area contributed by atoms with Crippen molar-refractivity contribution >= 4 is 11.7 Å². The van der Waals surface area contributed by atoms with Gasteiger partial charge in [0.1, 0.15) is 0 Å². The third-order valence-electron chi connectivity index (χ3n) is 4.77. The SMILES string of the molecule is CN(C)CCn1ccc(NC(=O)C2CC23CCCC3)n1. The maximum Gasteiger partial charge on any atom is 0.229 e. The van der Waals surface area contributed by atoms with Gasteiger partial charge in [0.2, 0.25) is 5.91 Å². The highest BCUT2D eigenvalue weighted by Crippen LogP contribution is 2.62. The van der Waals surface area contributed by atoms with E-state index < -0.39 is 0 Å². The molecule has 5 nitrogen and oxygen atoms in total. The molecule has 0 radical (unpaired) electrons. The minimum Gasteiger partial charge on any atom is -0.309 e. The maximum atomic E-state index is 12.2. The van der Waals surface area contributed by atoms with Crippen LogP contribution in [0.1, 0.15) is 32.1 Å². The van der Waals surface area contributed by atoms with E-state index in [-0.39, 0.29) is 11.8 Å². The summed E-state index contributed by atoms with van der Waals surface area (Å²) in [6, 6.07) is 1.89. The first-order chi connectivity index (χ1) is 9.59. The summed E-state index contributed by atoms with van der Waals surface area (Å²) in [6.45, 7) is 1.79. The number of hydrogen-bond acceptors (Lipinski definition) is 3. The van der Waals surface area contributed by atoms with Gasteiger partial charge < -0.3 is 10.2 Å². The van der Waals surface area contributed by atoms with Crippen LogP contribution in [0.25, 0.3) is 0 Å². The van der Waals surface area contributed by atoms with E-state index in [1.54, 1.807) is 0 Å². The molecule has 1 spiro atoms. The van der Waals surface area contributed by atoms with Crippen LogP contribution in [0.2, 0.25) is 0 Å². The summed E-state index contributed by atoms with van der Waals surface area (Å²) in [5, 5.41) is 7.38. The summed E-state index contributed by atoms with van der Waals surface area (Å²) in [6.07, 6.45) is 8.08. The lowest BCUT2D eigenvalue weighted by Gasteiger charge is -2.09. The van der Waals surface area contributed by atoms with Crippen molar-refractivity contribution in [2.75, 3.05) is 26.0 Å². The van der Waals surface area contributed by atoms with Crippen molar-refractivity contribution < 1.29 is 4.79 Å². The Morgan fingerprint density at radius 1 is 1.50 bits per heavy atom. The minimum absolute atomic E-state index is 0.171. The topological polar surface area (TPSA) is 50.2 Å². The zero-order chi connectivity index (χ0) is 14.2. The van der Waals surface area contributed by atoms with Crippen LogP contribution in [0.5, 0.6) is 0 Å². The van der Waals surface area contributed by atoms with Crippen LogP contribution in [-0.2, 0) is 11.3 Å². The second-order valence-corrected chi connectivity index (χ2v) is 6.58.